The lowest BCUT2D eigenvalue weighted by atomic mass is 10.2. The summed E-state index contributed by atoms with van der Waals surface area (Å²) in [5.41, 5.74) is 2.21. The number of halogens is 1. The highest BCUT2D eigenvalue weighted by atomic mass is 35.5. The predicted octanol–water partition coefficient (Wildman–Crippen LogP) is 3.28. The summed E-state index contributed by atoms with van der Waals surface area (Å²) in [4.78, 5) is 14.8. The Kier molecular flexibility index (Phi) is 4.45. The molecule has 1 aliphatic heterocycles. The standard InChI is InChI=1S/C19H17ClN4O3/c1-12-18(21-22-24(12)15-6-4-3-5-14(15)20)19(25)23-9-10-27-17-8-7-13(26-2)11-16(17)23/h3-8,11H,9-10H2,1-2H3. The fourth-order valence-electron chi connectivity index (χ4n) is 3.04. The van der Waals surface area contributed by atoms with Gasteiger partial charge in [0.05, 0.1) is 35.7 Å². The first kappa shape index (κ1) is 17.4. The van der Waals surface area contributed by atoms with Crippen molar-refractivity contribution < 1.29 is 14.3 Å². The van der Waals surface area contributed by atoms with Gasteiger partial charge in [0.25, 0.3) is 5.91 Å². The quantitative estimate of drug-likeness (QED) is 0.693. The zero-order chi connectivity index (χ0) is 19.0. The fourth-order valence-corrected chi connectivity index (χ4v) is 3.26. The smallest absolute Gasteiger partial charge is 0.280 e. The van der Waals surface area contributed by atoms with Gasteiger partial charge in [-0.05, 0) is 31.2 Å². The summed E-state index contributed by atoms with van der Waals surface area (Å²) >= 11 is 6.25. The Morgan fingerprint density at radius 2 is 2.04 bits per heavy atom. The first-order valence-electron chi connectivity index (χ1n) is 8.40. The molecule has 0 bridgehead atoms. The van der Waals surface area contributed by atoms with Crippen molar-refractivity contribution in [2.24, 2.45) is 0 Å². The number of methoxy groups -OCH3 is 1. The number of hydrogen-bond donors (Lipinski definition) is 0. The number of anilines is 1. The zero-order valence-electron chi connectivity index (χ0n) is 14.8. The first-order valence-corrected chi connectivity index (χ1v) is 8.78. The van der Waals surface area contributed by atoms with Crippen molar-refractivity contribution in [2.45, 2.75) is 6.92 Å². The van der Waals surface area contributed by atoms with Crippen LogP contribution < -0.4 is 14.4 Å². The fraction of sp³-hybridized carbons (Fsp3) is 0.211. The number of para-hydroxylation sites is 1. The molecule has 0 fully saturated rings. The maximum Gasteiger partial charge on any atom is 0.280 e. The molecular formula is C19H17ClN4O3. The summed E-state index contributed by atoms with van der Waals surface area (Å²) in [5, 5.41) is 8.78. The molecule has 0 atom stereocenters. The van der Waals surface area contributed by atoms with Crippen LogP contribution in [-0.4, -0.2) is 41.2 Å². The molecule has 0 saturated carbocycles. The van der Waals surface area contributed by atoms with E-state index in [0.29, 0.717) is 46.7 Å². The molecule has 1 amide bonds. The van der Waals surface area contributed by atoms with Gasteiger partial charge in [0, 0.05) is 6.07 Å². The Hall–Kier alpha value is -3.06. The molecule has 1 aromatic heterocycles. The van der Waals surface area contributed by atoms with E-state index in [-0.39, 0.29) is 11.6 Å². The third-order valence-corrected chi connectivity index (χ3v) is 4.77. The van der Waals surface area contributed by atoms with Gasteiger partial charge in [-0.15, -0.1) is 5.10 Å². The number of hydrogen-bond acceptors (Lipinski definition) is 5. The van der Waals surface area contributed by atoms with Crippen molar-refractivity contribution in [2.75, 3.05) is 25.2 Å². The van der Waals surface area contributed by atoms with E-state index >= 15 is 0 Å². The molecule has 3 aromatic rings. The van der Waals surface area contributed by atoms with E-state index in [4.69, 9.17) is 21.1 Å². The Labute approximate surface area is 161 Å². The van der Waals surface area contributed by atoms with Crippen LogP contribution in [0.25, 0.3) is 5.69 Å². The Morgan fingerprint density at radius 3 is 2.81 bits per heavy atom. The number of benzene rings is 2. The second kappa shape index (κ2) is 6.92. The van der Waals surface area contributed by atoms with Crippen molar-refractivity contribution in [1.82, 2.24) is 15.0 Å². The third-order valence-electron chi connectivity index (χ3n) is 4.45. The molecule has 138 valence electrons. The van der Waals surface area contributed by atoms with Gasteiger partial charge in [-0.2, -0.15) is 0 Å². The molecule has 0 unspecified atom stereocenters. The van der Waals surface area contributed by atoms with Crippen molar-refractivity contribution in [3.63, 3.8) is 0 Å². The van der Waals surface area contributed by atoms with E-state index in [1.807, 2.05) is 18.2 Å². The predicted molar refractivity (Wildman–Crippen MR) is 101 cm³/mol. The highest BCUT2D eigenvalue weighted by Gasteiger charge is 2.29. The van der Waals surface area contributed by atoms with Gasteiger partial charge in [0.15, 0.2) is 5.69 Å². The third kappa shape index (κ3) is 3.00. The maximum atomic E-state index is 13.2. The molecule has 2 heterocycles. The summed E-state index contributed by atoms with van der Waals surface area (Å²) < 4.78 is 12.5. The van der Waals surface area contributed by atoms with Crippen LogP contribution in [0.4, 0.5) is 5.69 Å². The monoisotopic (exact) mass is 384 g/mol. The van der Waals surface area contributed by atoms with Gasteiger partial charge in [-0.1, -0.05) is 28.9 Å². The van der Waals surface area contributed by atoms with E-state index in [2.05, 4.69) is 10.3 Å². The van der Waals surface area contributed by atoms with E-state index in [1.54, 1.807) is 47.9 Å². The SMILES string of the molecule is COc1ccc2c(c1)N(C(=O)c1nnn(-c3ccccc3Cl)c1C)CCO2. The van der Waals surface area contributed by atoms with Crippen LogP contribution in [-0.2, 0) is 0 Å². The number of aromatic nitrogens is 3. The summed E-state index contributed by atoms with van der Waals surface area (Å²) in [7, 11) is 1.58. The average Bonchev–Trinajstić information content (AvgIpc) is 3.08. The lowest BCUT2D eigenvalue weighted by Gasteiger charge is -2.29. The van der Waals surface area contributed by atoms with E-state index in [0.717, 1.165) is 0 Å². The minimum atomic E-state index is -0.247. The number of amides is 1. The van der Waals surface area contributed by atoms with Gasteiger partial charge in [0.2, 0.25) is 0 Å². The second-order valence-electron chi connectivity index (χ2n) is 6.03. The Balaban J connectivity index is 1.72. The number of ether oxygens (including phenoxy) is 2. The molecule has 1 aliphatic rings. The van der Waals surface area contributed by atoms with Crippen molar-refractivity contribution in [1.29, 1.82) is 0 Å². The van der Waals surface area contributed by atoms with Gasteiger partial charge in [-0.25, -0.2) is 4.68 Å². The minimum Gasteiger partial charge on any atom is -0.497 e. The van der Waals surface area contributed by atoms with Crippen molar-refractivity contribution in [3.8, 4) is 17.2 Å². The summed E-state index contributed by atoms with van der Waals surface area (Å²) in [5.74, 6) is 1.03. The lowest BCUT2D eigenvalue weighted by Crippen LogP contribution is -2.38. The topological polar surface area (TPSA) is 69.5 Å². The zero-order valence-corrected chi connectivity index (χ0v) is 15.6. The highest BCUT2D eigenvalue weighted by molar-refractivity contribution is 6.32. The molecule has 8 heteroatoms. The highest BCUT2D eigenvalue weighted by Crippen LogP contribution is 2.36. The van der Waals surface area contributed by atoms with Gasteiger partial charge in [0.1, 0.15) is 18.1 Å². The van der Waals surface area contributed by atoms with Crippen LogP contribution in [0.3, 0.4) is 0 Å². The molecule has 0 radical (unpaired) electrons. The molecular weight excluding hydrogens is 368 g/mol. The number of fused-ring (bicyclic) bond motifs is 1. The summed E-state index contributed by atoms with van der Waals surface area (Å²) in [6.45, 7) is 2.61. The van der Waals surface area contributed by atoms with Crippen LogP contribution in [0, 0.1) is 6.92 Å². The molecule has 0 saturated heterocycles. The van der Waals surface area contributed by atoms with E-state index < -0.39 is 0 Å². The molecule has 0 spiro atoms. The van der Waals surface area contributed by atoms with Crippen molar-refractivity contribution in [3.05, 3.63) is 58.9 Å². The molecule has 27 heavy (non-hydrogen) atoms. The Bertz CT molecular complexity index is 1020. The molecule has 7 nitrogen and oxygen atoms in total. The number of carbonyl (C=O) groups is 1. The lowest BCUT2D eigenvalue weighted by molar-refractivity contribution is 0.0971. The molecule has 2 aromatic carbocycles. The van der Waals surface area contributed by atoms with Crippen molar-refractivity contribution >= 4 is 23.2 Å². The Morgan fingerprint density at radius 1 is 1.22 bits per heavy atom. The number of rotatable bonds is 3. The normalized spacial score (nSPS) is 13.1. The first-order chi connectivity index (χ1) is 13.1. The molecule has 4 rings (SSSR count). The van der Waals surface area contributed by atoms with Crippen LogP contribution in [0.15, 0.2) is 42.5 Å². The van der Waals surface area contributed by atoms with Crippen LogP contribution >= 0.6 is 11.6 Å². The molecule has 0 aliphatic carbocycles. The van der Waals surface area contributed by atoms with Gasteiger partial charge in [-0.3, -0.25) is 9.69 Å². The molecule has 0 N–H and O–H groups in total. The summed E-state index contributed by atoms with van der Waals surface area (Å²) in [6, 6.07) is 12.7. The van der Waals surface area contributed by atoms with Crippen LogP contribution in [0.2, 0.25) is 5.02 Å². The number of carbonyl (C=O) groups excluding carboxylic acids is 1. The van der Waals surface area contributed by atoms with Crippen LogP contribution in [0.1, 0.15) is 16.2 Å². The second-order valence-corrected chi connectivity index (χ2v) is 6.43. The number of nitrogens with zero attached hydrogens (tertiary/aromatic N) is 4. The maximum absolute atomic E-state index is 13.2. The van der Waals surface area contributed by atoms with Gasteiger partial charge >= 0.3 is 0 Å². The largest absolute Gasteiger partial charge is 0.497 e. The van der Waals surface area contributed by atoms with E-state index in [9.17, 15) is 4.79 Å². The van der Waals surface area contributed by atoms with Crippen LogP contribution in [0.5, 0.6) is 11.5 Å². The van der Waals surface area contributed by atoms with E-state index in [1.165, 1.54) is 0 Å². The summed E-state index contributed by atoms with van der Waals surface area (Å²) in [6.07, 6.45) is 0. The minimum absolute atomic E-state index is 0.247. The average molecular weight is 385 g/mol. The van der Waals surface area contributed by atoms with Gasteiger partial charge < -0.3 is 9.47 Å².